The van der Waals surface area contributed by atoms with Gasteiger partial charge in [0.1, 0.15) is 0 Å². The van der Waals surface area contributed by atoms with E-state index in [9.17, 15) is 0 Å². The maximum atomic E-state index is 8.84. The zero-order valence-electron chi connectivity index (χ0n) is 11.8. The Bertz CT molecular complexity index is 306. The summed E-state index contributed by atoms with van der Waals surface area (Å²) >= 11 is 0. The molecule has 0 radical (unpaired) electrons. The first-order valence-electron chi connectivity index (χ1n) is 7.55. The Morgan fingerprint density at radius 1 is 0.833 bits per heavy atom. The van der Waals surface area contributed by atoms with Gasteiger partial charge in [-0.2, -0.15) is 0 Å². The Balaban J connectivity index is 2.20. The van der Waals surface area contributed by atoms with Gasteiger partial charge in [0.25, 0.3) is 0 Å². The number of unbranched alkanes of at least 4 members (excludes halogenated alkanes) is 5. The average molecular weight is 248 g/mol. The van der Waals surface area contributed by atoms with Gasteiger partial charge in [0.05, 0.1) is 0 Å². The second-order valence-corrected chi connectivity index (χ2v) is 5.16. The molecule has 0 heterocycles. The largest absolute Gasteiger partial charge is 0.396 e. The minimum atomic E-state index is 0.293. The predicted molar refractivity (Wildman–Crippen MR) is 78.9 cm³/mol. The molecule has 102 valence electrons. The van der Waals surface area contributed by atoms with Crippen molar-refractivity contribution >= 4 is 0 Å². The third kappa shape index (κ3) is 6.80. The summed E-state index contributed by atoms with van der Waals surface area (Å²) in [5, 5.41) is 8.84. The third-order valence-corrected chi connectivity index (χ3v) is 3.43. The predicted octanol–water partition coefficient (Wildman–Crippen LogP) is 4.51. The summed E-state index contributed by atoms with van der Waals surface area (Å²) in [4.78, 5) is 0. The van der Waals surface area contributed by atoms with E-state index in [1.54, 1.807) is 0 Å². The molecule has 1 rings (SSSR count). The molecule has 0 aliphatic heterocycles. The Morgan fingerprint density at radius 3 is 2.11 bits per heavy atom. The van der Waals surface area contributed by atoms with Crippen LogP contribution < -0.4 is 0 Å². The molecule has 0 fully saturated rings. The second kappa shape index (κ2) is 10.1. The van der Waals surface area contributed by atoms with Gasteiger partial charge >= 0.3 is 0 Å². The summed E-state index contributed by atoms with van der Waals surface area (Å²) in [6, 6.07) is 8.86. The molecule has 1 aromatic carbocycles. The van der Waals surface area contributed by atoms with Gasteiger partial charge in [-0.15, -0.1) is 0 Å². The van der Waals surface area contributed by atoms with Crippen LogP contribution in [0.25, 0.3) is 0 Å². The Hall–Kier alpha value is -0.820. The zero-order valence-corrected chi connectivity index (χ0v) is 11.8. The summed E-state index contributed by atoms with van der Waals surface area (Å²) in [5.41, 5.74) is 2.83. The number of hydrogen-bond acceptors (Lipinski definition) is 1. The lowest BCUT2D eigenvalue weighted by Gasteiger charge is -2.05. The van der Waals surface area contributed by atoms with Crippen LogP contribution in [0.2, 0.25) is 0 Å². The van der Waals surface area contributed by atoms with Crippen molar-refractivity contribution in [3.05, 3.63) is 35.4 Å². The maximum absolute atomic E-state index is 8.84. The lowest BCUT2D eigenvalue weighted by Crippen LogP contribution is -1.92. The smallest absolute Gasteiger partial charge is 0.0434 e. The first-order valence-corrected chi connectivity index (χ1v) is 7.55. The number of aryl methyl sites for hydroxylation is 2. The molecule has 1 aromatic rings. The number of hydrogen-bond donors (Lipinski definition) is 1. The van der Waals surface area contributed by atoms with Crippen LogP contribution in [0.4, 0.5) is 0 Å². The molecular formula is C17H28O. The molecule has 0 aliphatic rings. The minimum Gasteiger partial charge on any atom is -0.396 e. The number of benzene rings is 1. The Labute approximate surface area is 112 Å². The molecule has 0 aromatic heterocycles. The molecule has 0 amide bonds. The van der Waals surface area contributed by atoms with Crippen molar-refractivity contribution < 1.29 is 5.11 Å². The molecule has 0 saturated carbocycles. The first kappa shape index (κ1) is 15.2. The first-order chi connectivity index (χ1) is 8.86. The summed E-state index contributed by atoms with van der Waals surface area (Å²) in [5.74, 6) is 0. The van der Waals surface area contributed by atoms with Crippen LogP contribution >= 0.6 is 0 Å². The van der Waals surface area contributed by atoms with E-state index in [4.69, 9.17) is 5.11 Å². The van der Waals surface area contributed by atoms with Crippen molar-refractivity contribution in [2.75, 3.05) is 6.61 Å². The number of aliphatic hydroxyl groups excluding tert-OH is 1. The summed E-state index contributed by atoms with van der Waals surface area (Å²) in [7, 11) is 0. The summed E-state index contributed by atoms with van der Waals surface area (Å²) in [6.45, 7) is 2.56. The fourth-order valence-corrected chi connectivity index (χ4v) is 2.33. The van der Waals surface area contributed by atoms with Gasteiger partial charge in [0.15, 0.2) is 0 Å². The van der Waals surface area contributed by atoms with E-state index in [2.05, 4.69) is 31.2 Å². The average Bonchev–Trinajstić information content (AvgIpc) is 2.41. The van der Waals surface area contributed by atoms with E-state index in [0.717, 1.165) is 12.8 Å². The molecule has 0 saturated heterocycles. The van der Waals surface area contributed by atoms with Gasteiger partial charge in [0, 0.05) is 6.61 Å². The van der Waals surface area contributed by atoms with Gasteiger partial charge < -0.3 is 5.11 Å². The molecule has 1 nitrogen and oxygen atoms in total. The van der Waals surface area contributed by atoms with Crippen LogP contribution in [0.5, 0.6) is 0 Å². The Morgan fingerprint density at radius 2 is 1.44 bits per heavy atom. The van der Waals surface area contributed by atoms with E-state index in [-0.39, 0.29) is 0 Å². The number of rotatable bonds is 10. The second-order valence-electron chi connectivity index (χ2n) is 5.16. The lowest BCUT2D eigenvalue weighted by molar-refractivity contribution is 0.288. The van der Waals surface area contributed by atoms with E-state index >= 15 is 0 Å². The van der Waals surface area contributed by atoms with Gasteiger partial charge in [-0.3, -0.25) is 0 Å². The van der Waals surface area contributed by atoms with Gasteiger partial charge in [-0.1, -0.05) is 63.3 Å². The van der Waals surface area contributed by atoms with Crippen molar-refractivity contribution in [3.8, 4) is 0 Å². The molecule has 0 atom stereocenters. The molecule has 18 heavy (non-hydrogen) atoms. The zero-order chi connectivity index (χ0) is 13.1. The normalized spacial score (nSPS) is 10.8. The molecule has 0 unspecified atom stereocenters. The molecule has 1 N–H and O–H groups in total. The van der Waals surface area contributed by atoms with Crippen LogP contribution in [-0.4, -0.2) is 11.7 Å². The maximum Gasteiger partial charge on any atom is 0.0434 e. The highest BCUT2D eigenvalue weighted by atomic mass is 16.2. The molecular weight excluding hydrogens is 220 g/mol. The van der Waals surface area contributed by atoms with Crippen molar-refractivity contribution in [1.82, 2.24) is 0 Å². The van der Waals surface area contributed by atoms with Crippen molar-refractivity contribution in [2.24, 2.45) is 0 Å². The number of aliphatic hydroxyl groups is 1. The van der Waals surface area contributed by atoms with Crippen LogP contribution in [0.1, 0.15) is 63.0 Å². The summed E-state index contributed by atoms with van der Waals surface area (Å²) in [6.07, 6.45) is 11.3. The standard InChI is InChI=1S/C17H28O/c1-2-3-4-5-6-7-10-16-11-8-12-17(15-16)13-9-14-18/h8,11-12,15,18H,2-7,9-10,13-14H2,1H3. The molecule has 0 spiro atoms. The highest BCUT2D eigenvalue weighted by molar-refractivity contribution is 5.23. The third-order valence-electron chi connectivity index (χ3n) is 3.43. The highest BCUT2D eigenvalue weighted by Crippen LogP contribution is 2.12. The van der Waals surface area contributed by atoms with Crippen LogP contribution in [0.3, 0.4) is 0 Å². The highest BCUT2D eigenvalue weighted by Gasteiger charge is 1.97. The van der Waals surface area contributed by atoms with Gasteiger partial charge in [0.2, 0.25) is 0 Å². The fraction of sp³-hybridized carbons (Fsp3) is 0.647. The minimum absolute atomic E-state index is 0.293. The quantitative estimate of drug-likeness (QED) is 0.604. The van der Waals surface area contributed by atoms with E-state index in [1.807, 2.05) is 0 Å². The van der Waals surface area contributed by atoms with E-state index in [0.29, 0.717) is 6.61 Å². The van der Waals surface area contributed by atoms with Crippen molar-refractivity contribution in [2.45, 2.75) is 64.7 Å². The van der Waals surface area contributed by atoms with Crippen LogP contribution in [-0.2, 0) is 12.8 Å². The Kier molecular flexibility index (Phi) is 8.58. The lowest BCUT2D eigenvalue weighted by atomic mass is 10.0. The molecule has 0 bridgehead atoms. The van der Waals surface area contributed by atoms with Gasteiger partial charge in [-0.25, -0.2) is 0 Å². The van der Waals surface area contributed by atoms with E-state index < -0.39 is 0 Å². The van der Waals surface area contributed by atoms with Gasteiger partial charge in [-0.05, 0) is 36.8 Å². The fourth-order valence-electron chi connectivity index (χ4n) is 2.33. The topological polar surface area (TPSA) is 20.2 Å². The van der Waals surface area contributed by atoms with Crippen molar-refractivity contribution in [1.29, 1.82) is 0 Å². The monoisotopic (exact) mass is 248 g/mol. The van der Waals surface area contributed by atoms with Crippen LogP contribution in [0.15, 0.2) is 24.3 Å². The van der Waals surface area contributed by atoms with E-state index in [1.165, 1.54) is 56.1 Å². The molecule has 0 aliphatic carbocycles. The van der Waals surface area contributed by atoms with Crippen molar-refractivity contribution in [3.63, 3.8) is 0 Å². The van der Waals surface area contributed by atoms with Crippen LogP contribution in [0, 0.1) is 0 Å². The SMILES string of the molecule is CCCCCCCCc1cccc(CCCO)c1. The summed E-state index contributed by atoms with van der Waals surface area (Å²) < 4.78 is 0. The molecule has 1 heteroatoms.